The zero-order chi connectivity index (χ0) is 13.0. The van der Waals surface area contributed by atoms with Crippen LogP contribution in [0.3, 0.4) is 0 Å². The Morgan fingerprint density at radius 3 is 2.56 bits per heavy atom. The van der Waals surface area contributed by atoms with Crippen molar-refractivity contribution >= 4 is 5.91 Å². The van der Waals surface area contributed by atoms with Gasteiger partial charge in [-0.15, -0.1) is 0 Å². The largest absolute Gasteiger partial charge is 0.350 e. The molecule has 0 spiro atoms. The van der Waals surface area contributed by atoms with Crippen molar-refractivity contribution in [1.82, 2.24) is 9.88 Å². The molecule has 3 nitrogen and oxygen atoms in total. The van der Waals surface area contributed by atoms with Crippen LogP contribution in [0.15, 0.2) is 48.7 Å². The van der Waals surface area contributed by atoms with E-state index in [4.69, 9.17) is 0 Å². The fourth-order valence-corrected chi connectivity index (χ4v) is 1.93. The molecule has 1 N–H and O–H groups in total. The summed E-state index contributed by atoms with van der Waals surface area (Å²) in [6.07, 6.45) is 1.87. The van der Waals surface area contributed by atoms with E-state index in [-0.39, 0.29) is 5.91 Å². The van der Waals surface area contributed by atoms with Crippen LogP contribution in [0.1, 0.15) is 28.9 Å². The molecule has 1 aromatic heterocycles. The lowest BCUT2D eigenvalue weighted by Gasteiger charge is -2.13. The smallest absolute Gasteiger partial charge is 0.267 e. The van der Waals surface area contributed by atoms with E-state index in [1.807, 2.05) is 48.1 Å². The number of aromatic nitrogens is 1. The third kappa shape index (κ3) is 2.80. The molecule has 0 fully saturated rings. The lowest BCUT2D eigenvalue weighted by atomic mass is 10.0. The molecule has 1 unspecified atom stereocenters. The minimum Gasteiger partial charge on any atom is -0.350 e. The second-order valence-electron chi connectivity index (χ2n) is 4.53. The molecule has 0 radical (unpaired) electrons. The highest BCUT2D eigenvalue weighted by Crippen LogP contribution is 2.13. The average molecular weight is 242 g/mol. The van der Waals surface area contributed by atoms with Gasteiger partial charge in [-0.2, -0.15) is 0 Å². The molecule has 1 atom stereocenters. The first-order valence-electron chi connectivity index (χ1n) is 6.13. The van der Waals surface area contributed by atoms with Gasteiger partial charge in [0.05, 0.1) is 0 Å². The molecule has 3 heteroatoms. The maximum absolute atomic E-state index is 11.9. The monoisotopic (exact) mass is 242 g/mol. The van der Waals surface area contributed by atoms with Crippen LogP contribution in [-0.2, 0) is 7.05 Å². The predicted molar refractivity (Wildman–Crippen MR) is 72.6 cm³/mol. The fraction of sp³-hybridized carbons (Fsp3) is 0.267. The van der Waals surface area contributed by atoms with E-state index < -0.39 is 0 Å². The van der Waals surface area contributed by atoms with Gasteiger partial charge in [-0.05, 0) is 23.6 Å². The van der Waals surface area contributed by atoms with E-state index in [1.165, 1.54) is 5.56 Å². The minimum absolute atomic E-state index is 0.0229. The molecule has 2 rings (SSSR count). The highest BCUT2D eigenvalue weighted by Gasteiger charge is 2.10. The average Bonchev–Trinajstić information content (AvgIpc) is 2.83. The number of amides is 1. The van der Waals surface area contributed by atoms with E-state index in [1.54, 1.807) is 0 Å². The Bertz CT molecular complexity index is 516. The van der Waals surface area contributed by atoms with Gasteiger partial charge in [0.1, 0.15) is 5.69 Å². The maximum atomic E-state index is 11.9. The van der Waals surface area contributed by atoms with Crippen LogP contribution in [0.5, 0.6) is 0 Å². The van der Waals surface area contributed by atoms with Crippen LogP contribution in [0.25, 0.3) is 0 Å². The number of hydrogen-bond acceptors (Lipinski definition) is 1. The molecule has 0 saturated carbocycles. The van der Waals surface area contributed by atoms with Crippen LogP contribution < -0.4 is 5.32 Å². The third-order valence-electron chi connectivity index (χ3n) is 3.11. The summed E-state index contributed by atoms with van der Waals surface area (Å²) in [5, 5.41) is 2.96. The minimum atomic E-state index is -0.0229. The van der Waals surface area contributed by atoms with Crippen molar-refractivity contribution in [2.75, 3.05) is 6.54 Å². The van der Waals surface area contributed by atoms with Crippen LogP contribution >= 0.6 is 0 Å². The van der Waals surface area contributed by atoms with Crippen LogP contribution in [0.2, 0.25) is 0 Å². The second-order valence-corrected chi connectivity index (χ2v) is 4.53. The number of carbonyl (C=O) groups is 1. The van der Waals surface area contributed by atoms with Crippen molar-refractivity contribution in [3.8, 4) is 0 Å². The number of benzene rings is 1. The van der Waals surface area contributed by atoms with E-state index in [2.05, 4.69) is 24.4 Å². The highest BCUT2D eigenvalue weighted by molar-refractivity contribution is 5.92. The molecule has 1 heterocycles. The van der Waals surface area contributed by atoms with Gasteiger partial charge in [0.2, 0.25) is 0 Å². The summed E-state index contributed by atoms with van der Waals surface area (Å²) in [5.74, 6) is 0.292. The summed E-state index contributed by atoms with van der Waals surface area (Å²) in [7, 11) is 1.87. The predicted octanol–water partition coefficient (Wildman–Crippen LogP) is 2.56. The van der Waals surface area contributed by atoms with Crippen LogP contribution in [0, 0.1) is 0 Å². The standard InChI is InChI=1S/C15H18N2O/c1-12(13-7-4-3-5-8-13)11-16-15(18)14-9-6-10-17(14)2/h3-10,12H,11H2,1-2H3,(H,16,18). The lowest BCUT2D eigenvalue weighted by Crippen LogP contribution is -2.28. The number of hydrogen-bond donors (Lipinski definition) is 1. The number of nitrogens with one attached hydrogen (secondary N) is 1. The zero-order valence-electron chi connectivity index (χ0n) is 10.8. The van der Waals surface area contributed by atoms with Crippen molar-refractivity contribution < 1.29 is 4.79 Å². The van der Waals surface area contributed by atoms with Gasteiger partial charge in [0.25, 0.3) is 5.91 Å². The first-order chi connectivity index (χ1) is 8.68. The van der Waals surface area contributed by atoms with E-state index in [0.29, 0.717) is 18.2 Å². The second kappa shape index (κ2) is 5.54. The van der Waals surface area contributed by atoms with Crippen LogP contribution in [-0.4, -0.2) is 17.0 Å². The summed E-state index contributed by atoms with van der Waals surface area (Å²) in [4.78, 5) is 11.9. The summed E-state index contributed by atoms with van der Waals surface area (Å²) in [6, 6.07) is 13.9. The summed E-state index contributed by atoms with van der Waals surface area (Å²) < 4.78 is 1.82. The fourth-order valence-electron chi connectivity index (χ4n) is 1.93. The maximum Gasteiger partial charge on any atom is 0.267 e. The summed E-state index contributed by atoms with van der Waals surface area (Å²) in [6.45, 7) is 2.76. The molecule has 1 amide bonds. The molecule has 18 heavy (non-hydrogen) atoms. The van der Waals surface area contributed by atoms with Crippen molar-refractivity contribution in [3.63, 3.8) is 0 Å². The number of rotatable bonds is 4. The van der Waals surface area contributed by atoms with Crippen molar-refractivity contribution in [2.45, 2.75) is 12.8 Å². The topological polar surface area (TPSA) is 34.0 Å². The van der Waals surface area contributed by atoms with Crippen molar-refractivity contribution in [2.24, 2.45) is 7.05 Å². The number of aryl methyl sites for hydroxylation is 1. The molecule has 0 aliphatic rings. The van der Waals surface area contributed by atoms with Gasteiger partial charge >= 0.3 is 0 Å². The number of nitrogens with zero attached hydrogens (tertiary/aromatic N) is 1. The SMILES string of the molecule is CC(CNC(=O)c1cccn1C)c1ccccc1. The first-order valence-corrected chi connectivity index (χ1v) is 6.13. The molecular weight excluding hydrogens is 224 g/mol. The molecule has 0 aliphatic heterocycles. The van der Waals surface area contributed by atoms with Gasteiger partial charge in [-0.3, -0.25) is 4.79 Å². The Balaban J connectivity index is 1.93. The van der Waals surface area contributed by atoms with Crippen LogP contribution in [0.4, 0.5) is 0 Å². The summed E-state index contributed by atoms with van der Waals surface area (Å²) in [5.41, 5.74) is 1.93. The molecule has 0 aliphatic carbocycles. The van der Waals surface area contributed by atoms with E-state index in [0.717, 1.165) is 0 Å². The van der Waals surface area contributed by atoms with Gasteiger partial charge in [-0.1, -0.05) is 37.3 Å². The Morgan fingerprint density at radius 1 is 1.22 bits per heavy atom. The lowest BCUT2D eigenvalue weighted by molar-refractivity contribution is 0.0943. The summed E-state index contributed by atoms with van der Waals surface area (Å²) >= 11 is 0. The molecular formula is C15H18N2O. The Hall–Kier alpha value is -2.03. The Morgan fingerprint density at radius 2 is 1.94 bits per heavy atom. The molecule has 0 saturated heterocycles. The van der Waals surface area contributed by atoms with Gasteiger partial charge in [0, 0.05) is 19.8 Å². The molecule has 1 aromatic carbocycles. The molecule has 2 aromatic rings. The first kappa shape index (κ1) is 12.4. The Kier molecular flexibility index (Phi) is 3.82. The highest BCUT2D eigenvalue weighted by atomic mass is 16.1. The van der Waals surface area contributed by atoms with Gasteiger partial charge in [0.15, 0.2) is 0 Å². The van der Waals surface area contributed by atoms with E-state index >= 15 is 0 Å². The van der Waals surface area contributed by atoms with Gasteiger partial charge < -0.3 is 9.88 Å². The molecule has 0 bridgehead atoms. The van der Waals surface area contributed by atoms with E-state index in [9.17, 15) is 4.79 Å². The van der Waals surface area contributed by atoms with Crippen molar-refractivity contribution in [3.05, 3.63) is 59.9 Å². The van der Waals surface area contributed by atoms with Crippen molar-refractivity contribution in [1.29, 1.82) is 0 Å². The zero-order valence-corrected chi connectivity index (χ0v) is 10.8. The van der Waals surface area contributed by atoms with Gasteiger partial charge in [-0.25, -0.2) is 0 Å². The normalized spacial score (nSPS) is 12.1. The molecule has 94 valence electrons. The third-order valence-corrected chi connectivity index (χ3v) is 3.11. The number of carbonyl (C=O) groups excluding carboxylic acids is 1. The quantitative estimate of drug-likeness (QED) is 0.878. The Labute approximate surface area is 107 Å².